The molecule has 1 amide bonds. The van der Waals surface area contributed by atoms with Crippen molar-refractivity contribution in [2.24, 2.45) is 0 Å². The summed E-state index contributed by atoms with van der Waals surface area (Å²) in [6.07, 6.45) is 7.48. The Morgan fingerprint density at radius 2 is 1.75 bits per heavy atom. The number of aromatic nitrogens is 1. The summed E-state index contributed by atoms with van der Waals surface area (Å²) in [6, 6.07) is 7.79. The second-order valence-corrected chi connectivity index (χ2v) is 8.92. The van der Waals surface area contributed by atoms with Crippen molar-refractivity contribution in [1.82, 2.24) is 14.8 Å². The molecule has 0 spiro atoms. The van der Waals surface area contributed by atoms with Crippen LogP contribution < -0.4 is 0 Å². The number of hydrogen-bond acceptors (Lipinski definition) is 5. The molecule has 1 aromatic carbocycles. The summed E-state index contributed by atoms with van der Waals surface area (Å²) in [5, 5.41) is 10.8. The van der Waals surface area contributed by atoms with Crippen LogP contribution in [0.25, 0.3) is 10.6 Å². The van der Waals surface area contributed by atoms with Crippen LogP contribution in [0.4, 0.5) is 0 Å². The number of piperidine rings is 1. The van der Waals surface area contributed by atoms with Crippen molar-refractivity contribution in [1.29, 1.82) is 0 Å². The van der Waals surface area contributed by atoms with E-state index in [0.717, 1.165) is 31.6 Å². The van der Waals surface area contributed by atoms with Crippen molar-refractivity contribution < 1.29 is 9.90 Å². The van der Waals surface area contributed by atoms with Crippen LogP contribution in [0.1, 0.15) is 53.9 Å². The van der Waals surface area contributed by atoms with Crippen LogP contribution in [0.3, 0.4) is 0 Å². The minimum absolute atomic E-state index is 0.0889. The molecule has 0 atom stereocenters. The third-order valence-corrected chi connectivity index (χ3v) is 7.21. The lowest BCUT2D eigenvalue weighted by atomic mass is 10.0. The van der Waals surface area contributed by atoms with Gasteiger partial charge < -0.3 is 14.9 Å². The van der Waals surface area contributed by atoms with Gasteiger partial charge in [-0.05, 0) is 57.8 Å². The van der Waals surface area contributed by atoms with Gasteiger partial charge in [0.05, 0.1) is 11.3 Å². The molecule has 5 nitrogen and oxygen atoms in total. The first-order valence-corrected chi connectivity index (χ1v) is 11.2. The highest BCUT2D eigenvalue weighted by molar-refractivity contribution is 7.17. The number of aryl methyl sites for hydroxylation is 1. The Bertz CT molecular complexity index is 819. The van der Waals surface area contributed by atoms with Crippen LogP contribution in [-0.4, -0.2) is 58.0 Å². The van der Waals surface area contributed by atoms with Crippen LogP contribution in [0.2, 0.25) is 0 Å². The minimum Gasteiger partial charge on any atom is -0.507 e. The standard InChI is InChI=1S/C22H29N3O2S/c1-16-20(28-21(23-16)18-8-4-5-9-19(18)26)22(27)25-14-10-17(11-15-25)24-12-6-2-3-7-13-24/h4-5,8-9,17,26H,2-3,6-7,10-15H2,1H3. The average Bonchev–Trinajstić information content (AvgIpc) is 2.92. The van der Waals surface area contributed by atoms with E-state index in [1.807, 2.05) is 24.0 Å². The Morgan fingerprint density at radius 3 is 2.43 bits per heavy atom. The van der Waals surface area contributed by atoms with Crippen molar-refractivity contribution in [2.75, 3.05) is 26.2 Å². The maximum atomic E-state index is 13.1. The van der Waals surface area contributed by atoms with Crippen LogP contribution >= 0.6 is 11.3 Å². The van der Waals surface area contributed by atoms with E-state index in [0.29, 0.717) is 21.5 Å². The first kappa shape index (κ1) is 19.4. The molecule has 0 radical (unpaired) electrons. The Kier molecular flexibility index (Phi) is 5.97. The summed E-state index contributed by atoms with van der Waals surface area (Å²) in [5.74, 6) is 0.291. The summed E-state index contributed by atoms with van der Waals surface area (Å²) < 4.78 is 0. The number of hydrogen-bond donors (Lipinski definition) is 1. The molecule has 0 bridgehead atoms. The van der Waals surface area contributed by atoms with E-state index in [2.05, 4.69) is 9.88 Å². The zero-order valence-corrected chi connectivity index (χ0v) is 17.4. The lowest BCUT2D eigenvalue weighted by Crippen LogP contribution is -2.47. The number of benzene rings is 1. The van der Waals surface area contributed by atoms with E-state index < -0.39 is 0 Å². The number of aromatic hydroxyl groups is 1. The molecule has 1 aromatic heterocycles. The molecule has 4 rings (SSSR count). The molecular formula is C22H29N3O2S. The number of carbonyl (C=O) groups excluding carboxylic acids is 1. The number of para-hydroxylation sites is 1. The zero-order chi connectivity index (χ0) is 19.5. The summed E-state index contributed by atoms with van der Waals surface area (Å²) in [4.78, 5) is 23.0. The predicted octanol–water partition coefficient (Wildman–Crippen LogP) is 4.30. The van der Waals surface area contributed by atoms with E-state index in [4.69, 9.17) is 0 Å². The number of carbonyl (C=O) groups is 1. The van der Waals surface area contributed by atoms with Gasteiger partial charge in [0.15, 0.2) is 0 Å². The Labute approximate surface area is 171 Å². The fraction of sp³-hybridized carbons (Fsp3) is 0.545. The lowest BCUT2D eigenvalue weighted by Gasteiger charge is -2.38. The Morgan fingerprint density at radius 1 is 1.07 bits per heavy atom. The van der Waals surface area contributed by atoms with Gasteiger partial charge in [0.2, 0.25) is 0 Å². The Hall–Kier alpha value is -1.92. The van der Waals surface area contributed by atoms with Crippen molar-refractivity contribution in [3.8, 4) is 16.3 Å². The fourth-order valence-electron chi connectivity index (χ4n) is 4.40. The molecule has 2 saturated heterocycles. The van der Waals surface area contributed by atoms with Crippen molar-refractivity contribution in [2.45, 2.75) is 51.5 Å². The van der Waals surface area contributed by atoms with Crippen molar-refractivity contribution in [3.05, 3.63) is 34.8 Å². The topological polar surface area (TPSA) is 56.7 Å². The number of likely N-dealkylation sites (tertiary alicyclic amines) is 2. The minimum atomic E-state index is 0.0889. The van der Waals surface area contributed by atoms with Crippen molar-refractivity contribution >= 4 is 17.2 Å². The highest BCUT2D eigenvalue weighted by Crippen LogP contribution is 2.34. The van der Waals surface area contributed by atoms with Gasteiger partial charge in [-0.1, -0.05) is 25.0 Å². The molecule has 3 heterocycles. The second-order valence-electron chi connectivity index (χ2n) is 7.92. The molecule has 2 aliphatic heterocycles. The zero-order valence-electron chi connectivity index (χ0n) is 16.6. The molecule has 0 saturated carbocycles. The van der Waals surface area contributed by atoms with Crippen LogP contribution in [0.5, 0.6) is 5.75 Å². The Balaban J connectivity index is 1.42. The lowest BCUT2D eigenvalue weighted by molar-refractivity contribution is 0.0626. The molecule has 150 valence electrons. The van der Waals surface area contributed by atoms with Gasteiger partial charge in [-0.25, -0.2) is 4.98 Å². The SMILES string of the molecule is Cc1nc(-c2ccccc2O)sc1C(=O)N1CCC(N2CCCCCC2)CC1. The summed E-state index contributed by atoms with van der Waals surface area (Å²) in [5.41, 5.74) is 1.44. The van der Waals surface area contributed by atoms with E-state index in [9.17, 15) is 9.90 Å². The number of nitrogens with zero attached hydrogens (tertiary/aromatic N) is 3. The average molecular weight is 400 g/mol. The van der Waals surface area contributed by atoms with Gasteiger partial charge >= 0.3 is 0 Å². The van der Waals surface area contributed by atoms with Gasteiger partial charge in [0.1, 0.15) is 15.6 Å². The summed E-state index contributed by atoms with van der Waals surface area (Å²) >= 11 is 1.39. The van der Waals surface area contributed by atoms with Crippen molar-refractivity contribution in [3.63, 3.8) is 0 Å². The normalized spacial score (nSPS) is 19.5. The van der Waals surface area contributed by atoms with E-state index in [1.54, 1.807) is 12.1 Å². The summed E-state index contributed by atoms with van der Waals surface area (Å²) in [7, 11) is 0. The molecule has 1 N–H and O–H groups in total. The smallest absolute Gasteiger partial charge is 0.265 e. The van der Waals surface area contributed by atoms with Gasteiger partial charge in [-0.2, -0.15) is 0 Å². The monoisotopic (exact) mass is 399 g/mol. The largest absolute Gasteiger partial charge is 0.507 e. The molecule has 6 heteroatoms. The van der Waals surface area contributed by atoms with E-state index in [1.165, 1.54) is 50.1 Å². The van der Waals surface area contributed by atoms with E-state index >= 15 is 0 Å². The molecule has 28 heavy (non-hydrogen) atoms. The third-order valence-electron chi connectivity index (χ3n) is 6.03. The molecule has 2 aliphatic rings. The molecule has 2 fully saturated rings. The quantitative estimate of drug-likeness (QED) is 0.836. The maximum absolute atomic E-state index is 13.1. The second kappa shape index (κ2) is 8.62. The number of rotatable bonds is 3. The number of thiazole rings is 1. The molecular weight excluding hydrogens is 370 g/mol. The molecule has 0 unspecified atom stereocenters. The van der Waals surface area contributed by atoms with Gasteiger partial charge in [0.25, 0.3) is 5.91 Å². The highest BCUT2D eigenvalue weighted by Gasteiger charge is 2.29. The number of phenolic OH excluding ortho intramolecular Hbond substituents is 1. The summed E-state index contributed by atoms with van der Waals surface area (Å²) in [6.45, 7) is 5.97. The van der Waals surface area contributed by atoms with Crippen LogP contribution in [0, 0.1) is 6.92 Å². The fourth-order valence-corrected chi connectivity index (χ4v) is 5.47. The third kappa shape index (κ3) is 4.08. The van der Waals surface area contributed by atoms with E-state index in [-0.39, 0.29) is 11.7 Å². The van der Waals surface area contributed by atoms with Crippen LogP contribution in [0.15, 0.2) is 24.3 Å². The number of amides is 1. The number of phenols is 1. The predicted molar refractivity (Wildman–Crippen MR) is 113 cm³/mol. The van der Waals surface area contributed by atoms with Gasteiger partial charge in [-0.15, -0.1) is 11.3 Å². The molecule has 0 aliphatic carbocycles. The van der Waals surface area contributed by atoms with Gasteiger partial charge in [0, 0.05) is 19.1 Å². The first-order valence-electron chi connectivity index (χ1n) is 10.4. The first-order chi connectivity index (χ1) is 13.6. The maximum Gasteiger partial charge on any atom is 0.265 e. The highest BCUT2D eigenvalue weighted by atomic mass is 32.1. The van der Waals surface area contributed by atoms with Crippen LogP contribution in [-0.2, 0) is 0 Å². The molecule has 2 aromatic rings. The van der Waals surface area contributed by atoms with Gasteiger partial charge in [-0.3, -0.25) is 4.79 Å².